The maximum Gasteiger partial charge on any atom is 2.00 e. The molecule has 4 heterocycles. The number of benzene rings is 8. The maximum absolute atomic E-state index is 12.7. The fourth-order valence-corrected chi connectivity index (χ4v) is 9.93. The van der Waals surface area contributed by atoms with E-state index in [1.807, 2.05) is 129 Å². The van der Waals surface area contributed by atoms with Crippen LogP contribution in [0.3, 0.4) is 0 Å². The molecule has 1 radical (unpaired) electrons. The normalized spacial score (nSPS) is 9.72. The van der Waals surface area contributed by atoms with Gasteiger partial charge in [-0.2, -0.15) is 41.4 Å². The van der Waals surface area contributed by atoms with Crippen molar-refractivity contribution in [1.29, 1.82) is 0 Å². The van der Waals surface area contributed by atoms with Crippen LogP contribution in [0.1, 0.15) is 19.5 Å². The number of aryl methyl sites for hydroxylation is 2. The third-order valence-corrected chi connectivity index (χ3v) is 14.8. The summed E-state index contributed by atoms with van der Waals surface area (Å²) in [7, 11) is -7.44. The fraction of sp³-hybridized carbons (Fsp3) is 0.0462. The molecule has 97 heavy (non-hydrogen) atoms. The maximum atomic E-state index is 12.7. The number of carboxylic acids is 1. The average Bonchev–Trinajstić information content (AvgIpc) is 0.778. The summed E-state index contributed by atoms with van der Waals surface area (Å²) in [6.07, 6.45) is 10.3. The van der Waals surface area contributed by atoms with Gasteiger partial charge in [0.25, 0.3) is 23.8 Å². The summed E-state index contributed by atoms with van der Waals surface area (Å²) in [4.78, 5) is 56.7. The van der Waals surface area contributed by atoms with Crippen LogP contribution < -0.4 is 113 Å². The van der Waals surface area contributed by atoms with E-state index in [1.165, 1.54) is 24.3 Å². The number of fused-ring (bicyclic) bond motifs is 6. The van der Waals surface area contributed by atoms with Crippen molar-refractivity contribution in [3.8, 4) is 5.75 Å². The number of nitro groups is 2. The minimum Gasteiger partial charge on any atom is -1.00 e. The van der Waals surface area contributed by atoms with E-state index in [0.29, 0.717) is 40.3 Å². The van der Waals surface area contributed by atoms with E-state index in [4.69, 9.17) is 52.8 Å². The molecule has 0 fully saturated rings. The van der Waals surface area contributed by atoms with E-state index in [1.54, 1.807) is 79.6 Å². The molecule has 0 saturated heterocycles. The largest absolute Gasteiger partial charge is 2.00 e. The molecular weight excluding hydrogens is 1570 g/mol. The number of non-ortho nitro benzene ring substituents is 2. The molecule has 0 amide bonds. The third-order valence-electron chi connectivity index (χ3n) is 11.7. The summed E-state index contributed by atoms with van der Waals surface area (Å²) in [6.45, 7) is 4.76. The number of carbonyl (C=O) groups excluding carboxylic acids is 1. The first kappa shape index (κ1) is 88.6. The van der Waals surface area contributed by atoms with Crippen LogP contribution in [0.15, 0.2) is 253 Å². The second kappa shape index (κ2) is 46.8. The summed E-state index contributed by atoms with van der Waals surface area (Å²) < 4.78 is 63.5. The number of hydrogen-bond donors (Lipinski definition) is 2. The Hall–Kier alpha value is -6.40. The molecule has 495 valence electrons. The van der Waals surface area contributed by atoms with Gasteiger partial charge in [0.15, 0.2) is 0 Å². The minimum atomic E-state index is -4.04. The predicted octanol–water partition coefficient (Wildman–Crippen LogP) is 8.19. The van der Waals surface area contributed by atoms with Crippen LogP contribution in [0.2, 0.25) is 10.0 Å². The Morgan fingerprint density at radius 1 is 0.588 bits per heavy atom. The monoisotopic (exact) mass is 1620 g/mol. The van der Waals surface area contributed by atoms with Gasteiger partial charge in [-0.05, 0) is 107 Å². The first-order chi connectivity index (χ1) is 44.6. The van der Waals surface area contributed by atoms with Crippen LogP contribution >= 0.6 is 23.2 Å². The van der Waals surface area contributed by atoms with Crippen molar-refractivity contribution >= 4 is 129 Å². The van der Waals surface area contributed by atoms with Gasteiger partial charge < -0.3 is 35.8 Å². The van der Waals surface area contributed by atoms with E-state index in [0.717, 1.165) is 68.9 Å². The van der Waals surface area contributed by atoms with Crippen molar-refractivity contribution in [3.05, 3.63) is 300 Å². The Morgan fingerprint density at radius 2 is 0.969 bits per heavy atom. The molecule has 0 atom stereocenters. The van der Waals surface area contributed by atoms with Gasteiger partial charge in [-0.3, -0.25) is 49.8 Å². The van der Waals surface area contributed by atoms with Gasteiger partial charge >= 0.3 is 131 Å². The molecule has 2 N–H and O–H groups in total. The standard InChI is InChI=1S/2C19H12N3O4S.C7H7BClO2.C7H6Cl.2C5H5N.C2H4O2.CH2O3.2K.2Pd.H/c2*23-22(24)15-8-10-16(11-9-15)27(25,26)21-17-5-1-3-13-6-7-14-4-2-12-20-19(14)18(13)17;1-5-2-3-6(9)4-7(5)11-8-10;1-6-2-4-7(8)5-3-6;2*1-2-4-6-5-3-1;1-2(3)4;2-1-4-3;;;;;/h2*1-12H;2-4,10H,1H3;2,4-5H,1H3;2*1-5H;1H3,(H,3,4);1,3H;;;;;/q2*-1;;-1;;;;;2*+1;;+2;-1/p-1. The molecule has 0 aliphatic heterocycles. The first-order valence-corrected chi connectivity index (χ1v) is 30.3. The minimum absolute atomic E-state index is 0. The molecule has 0 spiro atoms. The number of rotatable bonds is 11. The summed E-state index contributed by atoms with van der Waals surface area (Å²) in [5, 5.41) is 51.7. The molecule has 23 nitrogen and oxygen atoms in total. The van der Waals surface area contributed by atoms with E-state index in [-0.39, 0.29) is 184 Å². The number of nitrogens with zero attached hydrogens (tertiary/aromatic N) is 8. The van der Waals surface area contributed by atoms with Gasteiger partial charge in [0.05, 0.1) is 30.7 Å². The second-order valence-electron chi connectivity index (χ2n) is 18.3. The number of carbonyl (C=O) groups is 2. The average molecular weight is 1620 g/mol. The summed E-state index contributed by atoms with van der Waals surface area (Å²) in [5.41, 5.74) is 3.55. The van der Waals surface area contributed by atoms with Gasteiger partial charge in [0.1, 0.15) is 25.8 Å². The molecule has 32 heteroatoms. The molecule has 0 bridgehead atoms. The van der Waals surface area contributed by atoms with Crippen molar-refractivity contribution in [2.24, 2.45) is 0 Å². The number of aliphatic carboxylic acids is 1. The number of hydrogen-bond acceptors (Lipinski definition) is 18. The molecular formula is C65H53BCl2K2N8O15Pd2S2-. The van der Waals surface area contributed by atoms with Gasteiger partial charge in [-0.25, -0.2) is 16.8 Å². The Morgan fingerprint density at radius 3 is 1.29 bits per heavy atom. The first-order valence-electron chi connectivity index (χ1n) is 26.7. The summed E-state index contributed by atoms with van der Waals surface area (Å²) >= 11 is 11.3. The number of nitro benzene ring substituents is 2. The zero-order valence-electron chi connectivity index (χ0n) is 52.7. The van der Waals surface area contributed by atoms with Crippen molar-refractivity contribution in [2.75, 3.05) is 0 Å². The Bertz CT molecular complexity index is 4340. The number of carboxylic acid groups (broad SMARTS) is 1. The Balaban J connectivity index is 0.00000122. The van der Waals surface area contributed by atoms with Crippen LogP contribution in [-0.2, 0) is 75.4 Å². The van der Waals surface area contributed by atoms with Gasteiger partial charge in [-0.15, -0.1) is 11.4 Å². The molecule has 8 aromatic carbocycles. The number of sulfonamides is 2. The van der Waals surface area contributed by atoms with E-state index >= 15 is 0 Å². The molecule has 0 saturated carbocycles. The third kappa shape index (κ3) is 30.3. The van der Waals surface area contributed by atoms with Crippen LogP contribution in [-0.4, -0.2) is 76.9 Å². The van der Waals surface area contributed by atoms with E-state index < -0.39 is 35.9 Å². The molecule has 4 aromatic heterocycles. The van der Waals surface area contributed by atoms with Crippen molar-refractivity contribution in [1.82, 2.24) is 19.9 Å². The van der Waals surface area contributed by atoms with E-state index in [2.05, 4.69) is 40.3 Å². The van der Waals surface area contributed by atoms with Gasteiger partial charge in [-0.1, -0.05) is 115 Å². The van der Waals surface area contributed by atoms with Crippen LogP contribution in [0.5, 0.6) is 5.75 Å². The summed E-state index contributed by atoms with van der Waals surface area (Å²) in [6, 6.07) is 59.9. The van der Waals surface area contributed by atoms with Crippen LogP contribution in [0, 0.1) is 40.1 Å². The Kier molecular flexibility index (Phi) is 42.8. The van der Waals surface area contributed by atoms with Crippen LogP contribution in [0.25, 0.3) is 52.8 Å². The van der Waals surface area contributed by atoms with Crippen molar-refractivity contribution in [3.63, 3.8) is 0 Å². The zero-order valence-corrected chi connectivity index (χ0v) is 64.2. The molecule has 0 aliphatic carbocycles. The molecule has 12 aromatic rings. The van der Waals surface area contributed by atoms with Gasteiger partial charge in [0.2, 0.25) is 0 Å². The fourth-order valence-electron chi connectivity index (χ4n) is 7.65. The van der Waals surface area contributed by atoms with Crippen LogP contribution in [0.4, 0.5) is 22.7 Å². The smallest absolute Gasteiger partial charge is 1.00 e. The SMILES string of the molecule is CC(=O)O.Cc1[c-]cc(Cl)cc1.Cc1ccc(Cl)cc1O[B]O.O=CO[O-].O=[N+]([O-])c1ccc(S(=O)(=O)[N-]c2cccc3ccc4cccnc4c23)cc1.O=[N+]([O-])c1ccc(S(=O)(=O)[N-]c2cccc3ccc4cccnc4c23)cc1.[H-].[K+].[K+].[Pd+2].[Pd].c1ccncc1.c1ccncc1. The predicted molar refractivity (Wildman–Crippen MR) is 355 cm³/mol. The summed E-state index contributed by atoms with van der Waals surface area (Å²) in [5.74, 6) is -0.264. The van der Waals surface area contributed by atoms with E-state index in [9.17, 15) is 37.1 Å². The number of pyridine rings is 4. The second-order valence-corrected chi connectivity index (χ2v) is 22.3. The topological polar surface area (TPSA) is 350 Å². The van der Waals surface area contributed by atoms with Crippen molar-refractivity contribution < 1.29 is 206 Å². The zero-order chi connectivity index (χ0) is 67.8. The molecule has 0 unspecified atom stereocenters. The Labute approximate surface area is 683 Å². The van der Waals surface area contributed by atoms with Gasteiger partial charge in [0, 0.05) is 105 Å². The quantitative estimate of drug-likeness (QED) is 0.0234. The number of halogens is 2. The molecule has 0 aliphatic rings. The van der Waals surface area contributed by atoms with Crippen molar-refractivity contribution in [2.45, 2.75) is 30.6 Å². The number of aromatic nitrogens is 4. The molecule has 12 rings (SSSR count).